The van der Waals surface area contributed by atoms with Crippen LogP contribution < -0.4 is 41.9 Å². The van der Waals surface area contributed by atoms with Crippen molar-refractivity contribution in [3.63, 3.8) is 0 Å². The number of fused-ring (bicyclic) bond motifs is 1. The van der Waals surface area contributed by atoms with Crippen LogP contribution in [0.5, 0.6) is 0 Å². The quantitative estimate of drug-likeness (QED) is 0.452. The molecule has 1 N–H and O–H groups in total. The molecule has 36 heavy (non-hydrogen) atoms. The van der Waals surface area contributed by atoms with E-state index in [1.165, 1.54) is 11.3 Å². The van der Waals surface area contributed by atoms with Crippen molar-refractivity contribution in [1.29, 1.82) is 0 Å². The van der Waals surface area contributed by atoms with Gasteiger partial charge in [-0.1, -0.05) is 23.9 Å². The van der Waals surface area contributed by atoms with Gasteiger partial charge < -0.3 is 27.4 Å². The minimum atomic E-state index is -0.533. The Balaban J connectivity index is 0.00000361. The number of benzene rings is 1. The number of aromatic nitrogens is 2. The zero-order valence-electron chi connectivity index (χ0n) is 21.1. The van der Waals surface area contributed by atoms with E-state index in [-0.39, 0.29) is 18.0 Å². The third-order valence-corrected chi connectivity index (χ3v) is 7.91. The van der Waals surface area contributed by atoms with Crippen molar-refractivity contribution in [3.8, 4) is 0 Å². The number of halogens is 1. The predicted octanol–water partition coefficient (Wildman–Crippen LogP) is -0.117. The van der Waals surface area contributed by atoms with Crippen LogP contribution in [0.1, 0.15) is 33.4 Å². The molecule has 7 nitrogen and oxygen atoms in total. The number of amides is 1. The van der Waals surface area contributed by atoms with Crippen molar-refractivity contribution in [2.75, 3.05) is 18.5 Å². The molecule has 4 rings (SSSR count). The summed E-state index contributed by atoms with van der Waals surface area (Å²) >= 11 is 3.15. The molecule has 3 heterocycles. The first-order valence-electron chi connectivity index (χ1n) is 11.6. The maximum atomic E-state index is 13.4. The molecule has 3 aromatic rings. The number of pyridine rings is 1. The maximum Gasteiger partial charge on any atom is 0.407 e. The van der Waals surface area contributed by atoms with Gasteiger partial charge in [0.1, 0.15) is 19.8 Å². The Labute approximate surface area is 225 Å². The predicted molar refractivity (Wildman–Crippen MR) is 142 cm³/mol. The number of carbonyl (C=O) groups excluding carboxylic acids is 1. The molecule has 192 valence electrons. The molecule has 1 aliphatic rings. The number of nitrogens with one attached hydrogen (secondary N) is 1. The lowest BCUT2D eigenvalue weighted by Crippen LogP contribution is -3.00. The number of thiazole rings is 1. The first kappa shape index (κ1) is 27.8. The second kappa shape index (κ2) is 11.5. The Hall–Kier alpha value is -2.75. The van der Waals surface area contributed by atoms with Crippen LogP contribution in [0.2, 0.25) is 0 Å². The Morgan fingerprint density at radius 2 is 1.89 bits per heavy atom. The van der Waals surface area contributed by atoms with Crippen molar-refractivity contribution in [2.45, 2.75) is 51.3 Å². The molecule has 1 aliphatic heterocycles. The molecule has 0 saturated heterocycles. The van der Waals surface area contributed by atoms with E-state index in [2.05, 4.69) is 26.9 Å². The highest BCUT2D eigenvalue weighted by Gasteiger charge is 2.24. The Bertz CT molecular complexity index is 1430. The van der Waals surface area contributed by atoms with E-state index in [9.17, 15) is 9.59 Å². The SMILES string of the molecule is CCn1c(=O)/c(=C2\Sc3ccccc3N2C)s/c1=C\c1cccc[n+]1CCNC(=O)OC(C)(C)C.[Cl-]. The Morgan fingerprint density at radius 3 is 2.58 bits per heavy atom. The van der Waals surface area contributed by atoms with Crippen LogP contribution in [0.4, 0.5) is 10.5 Å². The average Bonchev–Trinajstić information content (AvgIpc) is 3.29. The van der Waals surface area contributed by atoms with Crippen LogP contribution in [0.3, 0.4) is 0 Å². The molecule has 1 aromatic carbocycles. The molecule has 2 aromatic heterocycles. The molecule has 0 bridgehead atoms. The van der Waals surface area contributed by atoms with E-state index in [1.54, 1.807) is 11.8 Å². The van der Waals surface area contributed by atoms with Crippen LogP contribution in [0, 0.1) is 0 Å². The van der Waals surface area contributed by atoms with E-state index in [1.807, 2.05) is 81.9 Å². The number of para-hydroxylation sites is 1. The van der Waals surface area contributed by atoms with Gasteiger partial charge in [-0.2, -0.15) is 4.57 Å². The summed E-state index contributed by atoms with van der Waals surface area (Å²) in [5.41, 5.74) is 1.57. The van der Waals surface area contributed by atoms with Crippen molar-refractivity contribution < 1.29 is 26.5 Å². The summed E-state index contributed by atoms with van der Waals surface area (Å²) in [7, 11) is 2.01. The Kier molecular flexibility index (Phi) is 8.92. The number of hydrogen-bond donors (Lipinski definition) is 1. The number of rotatable bonds is 5. The van der Waals surface area contributed by atoms with Gasteiger partial charge in [0.25, 0.3) is 5.56 Å². The van der Waals surface area contributed by atoms with Crippen molar-refractivity contribution in [2.24, 2.45) is 0 Å². The van der Waals surface area contributed by atoms with Gasteiger partial charge in [0.2, 0.25) is 5.69 Å². The van der Waals surface area contributed by atoms with Gasteiger partial charge in [0.05, 0.1) is 12.2 Å². The number of ether oxygens (including phenoxy) is 1. The molecule has 0 radical (unpaired) electrons. The van der Waals surface area contributed by atoms with Crippen LogP contribution in [-0.4, -0.2) is 29.9 Å². The zero-order chi connectivity index (χ0) is 25.2. The van der Waals surface area contributed by atoms with Crippen molar-refractivity contribution in [3.05, 3.63) is 73.9 Å². The van der Waals surface area contributed by atoms with E-state index >= 15 is 0 Å². The maximum absolute atomic E-state index is 13.4. The highest BCUT2D eigenvalue weighted by atomic mass is 35.5. The summed E-state index contributed by atoms with van der Waals surface area (Å²) < 4.78 is 10.8. The van der Waals surface area contributed by atoms with Crippen LogP contribution in [-0.2, 0) is 17.8 Å². The lowest BCUT2D eigenvalue weighted by molar-refractivity contribution is -0.696. The molecular formula is C26H31ClN4O3S2. The average molecular weight is 547 g/mol. The summed E-state index contributed by atoms with van der Waals surface area (Å²) in [5, 5.41) is 3.77. The van der Waals surface area contributed by atoms with E-state index in [0.717, 1.165) is 30.5 Å². The molecule has 0 aliphatic carbocycles. The number of carbonyl (C=O) groups is 1. The molecule has 10 heteroatoms. The topological polar surface area (TPSA) is 67.5 Å². The molecular weight excluding hydrogens is 516 g/mol. The third-order valence-electron chi connectivity index (χ3n) is 5.43. The van der Waals surface area contributed by atoms with Gasteiger partial charge >= 0.3 is 6.09 Å². The monoisotopic (exact) mass is 546 g/mol. The second-order valence-corrected chi connectivity index (χ2v) is 11.2. The summed E-state index contributed by atoms with van der Waals surface area (Å²) in [5.74, 6) is 0. The van der Waals surface area contributed by atoms with Crippen LogP contribution in [0.15, 0.2) is 58.4 Å². The van der Waals surface area contributed by atoms with Gasteiger partial charge in [-0.3, -0.25) is 9.36 Å². The molecule has 0 saturated carbocycles. The number of nitrogens with zero attached hydrogens (tertiary/aromatic N) is 3. The van der Waals surface area contributed by atoms with Gasteiger partial charge in [0.15, 0.2) is 12.7 Å². The summed E-state index contributed by atoms with van der Waals surface area (Å²) in [6, 6.07) is 14.1. The summed E-state index contributed by atoms with van der Waals surface area (Å²) in [4.78, 5) is 28.6. The largest absolute Gasteiger partial charge is 1.00 e. The number of hydrogen-bond acceptors (Lipinski definition) is 6. The lowest BCUT2D eigenvalue weighted by Gasteiger charge is -2.19. The highest BCUT2D eigenvalue weighted by molar-refractivity contribution is 8.08. The third kappa shape index (κ3) is 6.14. The van der Waals surface area contributed by atoms with Crippen LogP contribution >= 0.6 is 23.1 Å². The Morgan fingerprint density at radius 1 is 1.17 bits per heavy atom. The second-order valence-electron chi connectivity index (χ2n) is 9.14. The fraction of sp³-hybridized carbons (Fsp3) is 0.346. The van der Waals surface area contributed by atoms with Gasteiger partial charge in [0, 0.05) is 36.7 Å². The van der Waals surface area contributed by atoms with Gasteiger partial charge in [-0.05, 0) is 45.9 Å². The number of alkyl carbamates (subject to hydrolysis) is 1. The number of thioether (sulfide) groups is 1. The molecule has 1 amide bonds. The zero-order valence-corrected chi connectivity index (χ0v) is 23.5. The van der Waals surface area contributed by atoms with Crippen molar-refractivity contribution >= 4 is 46.0 Å². The normalized spacial score (nSPS) is 14.9. The number of anilines is 1. The minimum Gasteiger partial charge on any atom is -1.00 e. The minimum absolute atomic E-state index is 0. The van der Waals surface area contributed by atoms with Gasteiger partial charge in [-0.15, -0.1) is 11.3 Å². The molecule has 0 atom stereocenters. The lowest BCUT2D eigenvalue weighted by atomic mass is 10.2. The van der Waals surface area contributed by atoms with Crippen molar-refractivity contribution in [1.82, 2.24) is 9.88 Å². The first-order chi connectivity index (χ1) is 16.7. The van der Waals surface area contributed by atoms with E-state index < -0.39 is 11.7 Å². The molecule has 0 fully saturated rings. The fourth-order valence-corrected chi connectivity index (χ4v) is 6.27. The standard InChI is InChI=1S/C26H30N4O3S2.ClH/c1-6-30-21(35-22(23(30)31)24-28(5)19-12-7-8-13-20(19)34-24)17-18-11-9-10-15-29(18)16-14-27-25(32)33-26(2,3)4;/h7-13,15,17H,6,14,16H2,1-5H3;1H/b24-22+;. The van der Waals surface area contributed by atoms with Gasteiger partial charge in [-0.25, -0.2) is 4.79 Å². The summed E-state index contributed by atoms with van der Waals surface area (Å²) in [6.07, 6.45) is 3.58. The fourth-order valence-electron chi connectivity index (χ4n) is 3.81. The molecule has 0 unspecified atom stereocenters. The first-order valence-corrected chi connectivity index (χ1v) is 13.2. The molecule has 0 spiro atoms. The summed E-state index contributed by atoms with van der Waals surface area (Å²) in [6.45, 7) is 9.10. The van der Waals surface area contributed by atoms with E-state index in [4.69, 9.17) is 4.74 Å². The highest BCUT2D eigenvalue weighted by Crippen LogP contribution is 2.44. The van der Waals surface area contributed by atoms with Crippen LogP contribution in [0.25, 0.3) is 11.1 Å². The van der Waals surface area contributed by atoms with E-state index in [0.29, 0.717) is 19.6 Å². The smallest absolute Gasteiger partial charge is 0.407 e.